The van der Waals surface area contributed by atoms with Gasteiger partial charge in [-0.3, -0.25) is 0 Å². The smallest absolute Gasteiger partial charge is 0.105 e. The van der Waals surface area contributed by atoms with Crippen LogP contribution in [0.2, 0.25) is 0 Å². The fourth-order valence-corrected chi connectivity index (χ4v) is 2.11. The molecule has 72 valence electrons. The minimum atomic E-state index is 0.534. The van der Waals surface area contributed by atoms with Gasteiger partial charge in [0, 0.05) is 11.6 Å². The molecule has 1 aliphatic rings. The molecule has 0 amide bonds. The van der Waals surface area contributed by atoms with Crippen LogP contribution in [-0.4, -0.2) is 6.54 Å². The first-order chi connectivity index (χ1) is 6.27. The molecule has 1 saturated heterocycles. The van der Waals surface area contributed by atoms with Gasteiger partial charge in [-0.2, -0.15) is 0 Å². The molecule has 0 radical (unpaired) electrons. The van der Waals surface area contributed by atoms with E-state index in [1.165, 1.54) is 24.8 Å². The van der Waals surface area contributed by atoms with E-state index in [0.717, 1.165) is 18.1 Å². The second kappa shape index (κ2) is 3.54. The predicted octanol–water partition coefficient (Wildman–Crippen LogP) is 2.71. The largest absolute Gasteiger partial charge is 0.466 e. The minimum absolute atomic E-state index is 0.534. The van der Waals surface area contributed by atoms with Crippen LogP contribution in [0.5, 0.6) is 0 Å². The first-order valence-corrected chi connectivity index (χ1v) is 5.07. The van der Waals surface area contributed by atoms with E-state index in [0.29, 0.717) is 6.04 Å². The summed E-state index contributed by atoms with van der Waals surface area (Å²) in [5.74, 6) is 2.11. The second-order valence-electron chi connectivity index (χ2n) is 3.87. The number of aryl methyl sites for hydroxylation is 2. The van der Waals surface area contributed by atoms with Gasteiger partial charge >= 0.3 is 0 Å². The molecule has 1 N–H and O–H groups in total. The lowest BCUT2D eigenvalue weighted by Crippen LogP contribution is -2.26. The van der Waals surface area contributed by atoms with Crippen LogP contribution >= 0.6 is 0 Å². The molecule has 1 atom stereocenters. The van der Waals surface area contributed by atoms with Gasteiger partial charge < -0.3 is 9.73 Å². The maximum Gasteiger partial charge on any atom is 0.105 e. The number of nitrogens with one attached hydrogen (secondary N) is 1. The number of hydrogen-bond acceptors (Lipinski definition) is 2. The lowest BCUT2D eigenvalue weighted by atomic mass is 9.98. The molecule has 2 rings (SSSR count). The highest BCUT2D eigenvalue weighted by molar-refractivity contribution is 5.24. The third-order valence-corrected chi connectivity index (χ3v) is 2.77. The van der Waals surface area contributed by atoms with Crippen LogP contribution in [0.3, 0.4) is 0 Å². The molecule has 2 heteroatoms. The van der Waals surface area contributed by atoms with Gasteiger partial charge in [-0.15, -0.1) is 0 Å². The van der Waals surface area contributed by atoms with Gasteiger partial charge in [-0.25, -0.2) is 0 Å². The summed E-state index contributed by atoms with van der Waals surface area (Å²) in [6.07, 6.45) is 3.90. The van der Waals surface area contributed by atoms with Gasteiger partial charge in [0.05, 0.1) is 0 Å². The van der Waals surface area contributed by atoms with Crippen LogP contribution in [0.4, 0.5) is 0 Å². The lowest BCUT2D eigenvalue weighted by Gasteiger charge is -2.22. The Hall–Kier alpha value is -0.760. The highest BCUT2D eigenvalue weighted by atomic mass is 16.3. The van der Waals surface area contributed by atoms with Crippen molar-refractivity contribution in [3.63, 3.8) is 0 Å². The van der Waals surface area contributed by atoms with Crippen molar-refractivity contribution in [3.8, 4) is 0 Å². The summed E-state index contributed by atoms with van der Waals surface area (Å²) in [6, 6.07) is 2.70. The molecule has 1 aliphatic heterocycles. The highest BCUT2D eigenvalue weighted by Gasteiger charge is 2.18. The Labute approximate surface area is 79.3 Å². The van der Waals surface area contributed by atoms with Crippen molar-refractivity contribution in [1.29, 1.82) is 0 Å². The van der Waals surface area contributed by atoms with Gasteiger partial charge in [-0.1, -0.05) is 6.42 Å². The van der Waals surface area contributed by atoms with E-state index >= 15 is 0 Å². The van der Waals surface area contributed by atoms with E-state index in [4.69, 9.17) is 4.42 Å². The predicted molar refractivity (Wildman–Crippen MR) is 52.8 cm³/mol. The summed E-state index contributed by atoms with van der Waals surface area (Å²) < 4.78 is 5.53. The zero-order valence-electron chi connectivity index (χ0n) is 8.39. The third kappa shape index (κ3) is 1.78. The summed E-state index contributed by atoms with van der Waals surface area (Å²) in [5.41, 5.74) is 1.36. The van der Waals surface area contributed by atoms with Crippen LogP contribution in [0.15, 0.2) is 10.5 Å². The normalized spacial score (nSPS) is 23.4. The molecule has 1 fully saturated rings. The summed E-state index contributed by atoms with van der Waals surface area (Å²) in [4.78, 5) is 0. The monoisotopic (exact) mass is 179 g/mol. The van der Waals surface area contributed by atoms with Crippen molar-refractivity contribution in [2.24, 2.45) is 0 Å². The summed E-state index contributed by atoms with van der Waals surface area (Å²) in [5, 5.41) is 3.53. The third-order valence-electron chi connectivity index (χ3n) is 2.77. The van der Waals surface area contributed by atoms with E-state index in [-0.39, 0.29) is 0 Å². The molecule has 0 unspecified atom stereocenters. The molecule has 2 heterocycles. The fraction of sp³-hybridized carbons (Fsp3) is 0.636. The topological polar surface area (TPSA) is 25.2 Å². The van der Waals surface area contributed by atoms with Crippen molar-refractivity contribution < 1.29 is 4.42 Å². The minimum Gasteiger partial charge on any atom is -0.466 e. The Bertz CT molecular complexity index is 284. The van der Waals surface area contributed by atoms with Crippen molar-refractivity contribution >= 4 is 0 Å². The first-order valence-electron chi connectivity index (χ1n) is 5.07. The number of piperidine rings is 1. The van der Waals surface area contributed by atoms with E-state index in [9.17, 15) is 0 Å². The van der Waals surface area contributed by atoms with Gasteiger partial charge in [0.2, 0.25) is 0 Å². The standard InChI is InChI=1S/C11H17NO/c1-8-7-10(9(2)13-8)11-5-3-4-6-12-11/h7,11-12H,3-6H2,1-2H3/t11-/m0/s1. The van der Waals surface area contributed by atoms with Gasteiger partial charge in [-0.05, 0) is 39.3 Å². The summed E-state index contributed by atoms with van der Waals surface area (Å²) in [6.45, 7) is 5.21. The van der Waals surface area contributed by atoms with Crippen LogP contribution in [0, 0.1) is 13.8 Å². The van der Waals surface area contributed by atoms with Crippen LogP contribution in [0.25, 0.3) is 0 Å². The molecule has 0 aromatic carbocycles. The van der Waals surface area contributed by atoms with Crippen molar-refractivity contribution in [2.45, 2.75) is 39.2 Å². The molecule has 0 bridgehead atoms. The number of furan rings is 1. The molecular weight excluding hydrogens is 162 g/mol. The van der Waals surface area contributed by atoms with Gasteiger partial charge in [0.1, 0.15) is 11.5 Å². The quantitative estimate of drug-likeness (QED) is 0.717. The molecule has 13 heavy (non-hydrogen) atoms. The SMILES string of the molecule is Cc1cc([C@@H]2CCCCN2)c(C)o1. The Balaban J connectivity index is 2.18. The second-order valence-corrected chi connectivity index (χ2v) is 3.87. The average molecular weight is 179 g/mol. The van der Waals surface area contributed by atoms with Gasteiger partial charge in [0.15, 0.2) is 0 Å². The molecule has 0 spiro atoms. The van der Waals surface area contributed by atoms with Crippen LogP contribution < -0.4 is 5.32 Å². The number of rotatable bonds is 1. The van der Waals surface area contributed by atoms with E-state index in [1.54, 1.807) is 0 Å². The van der Waals surface area contributed by atoms with Crippen LogP contribution in [0.1, 0.15) is 42.4 Å². The highest BCUT2D eigenvalue weighted by Crippen LogP contribution is 2.27. The Kier molecular flexibility index (Phi) is 2.40. The van der Waals surface area contributed by atoms with Crippen molar-refractivity contribution in [1.82, 2.24) is 5.32 Å². The Morgan fingerprint density at radius 1 is 1.38 bits per heavy atom. The van der Waals surface area contributed by atoms with E-state index in [2.05, 4.69) is 18.3 Å². The molecule has 0 aliphatic carbocycles. The van der Waals surface area contributed by atoms with Gasteiger partial charge in [0.25, 0.3) is 0 Å². The lowest BCUT2D eigenvalue weighted by molar-refractivity contribution is 0.404. The maximum atomic E-state index is 5.53. The molecule has 1 aromatic rings. The first kappa shape index (κ1) is 8.82. The van der Waals surface area contributed by atoms with Crippen LogP contribution in [-0.2, 0) is 0 Å². The zero-order chi connectivity index (χ0) is 9.26. The van der Waals surface area contributed by atoms with E-state index < -0.39 is 0 Å². The summed E-state index contributed by atoms with van der Waals surface area (Å²) in [7, 11) is 0. The molecule has 2 nitrogen and oxygen atoms in total. The average Bonchev–Trinajstić information content (AvgIpc) is 2.47. The zero-order valence-corrected chi connectivity index (χ0v) is 8.39. The number of hydrogen-bond donors (Lipinski definition) is 1. The Morgan fingerprint density at radius 2 is 2.23 bits per heavy atom. The van der Waals surface area contributed by atoms with Crippen molar-refractivity contribution in [3.05, 3.63) is 23.2 Å². The fourth-order valence-electron chi connectivity index (χ4n) is 2.11. The van der Waals surface area contributed by atoms with Crippen molar-refractivity contribution in [2.75, 3.05) is 6.54 Å². The van der Waals surface area contributed by atoms with E-state index in [1.807, 2.05) is 6.92 Å². The molecule has 0 saturated carbocycles. The molecule has 1 aromatic heterocycles. The molecular formula is C11H17NO. The maximum absolute atomic E-state index is 5.53. The Morgan fingerprint density at radius 3 is 2.77 bits per heavy atom. The summed E-state index contributed by atoms with van der Waals surface area (Å²) >= 11 is 0.